The van der Waals surface area contributed by atoms with E-state index in [4.69, 9.17) is 9.47 Å². The van der Waals surface area contributed by atoms with Crippen LogP contribution in [0, 0.1) is 0 Å². The highest BCUT2D eigenvalue weighted by atomic mass is 19.4. The van der Waals surface area contributed by atoms with Crippen molar-refractivity contribution < 1.29 is 27.4 Å². The second kappa shape index (κ2) is 9.66. The van der Waals surface area contributed by atoms with Crippen molar-refractivity contribution in [1.29, 1.82) is 0 Å². The van der Waals surface area contributed by atoms with Gasteiger partial charge < -0.3 is 14.8 Å². The summed E-state index contributed by atoms with van der Waals surface area (Å²) in [6.07, 6.45) is -1.96. The van der Waals surface area contributed by atoms with Crippen molar-refractivity contribution in [2.45, 2.75) is 37.8 Å². The number of hydrogen-bond acceptors (Lipinski definition) is 4. The van der Waals surface area contributed by atoms with E-state index in [0.29, 0.717) is 11.1 Å². The highest BCUT2D eigenvalue weighted by Gasteiger charge is 2.31. The molecule has 1 amide bonds. The average Bonchev–Trinajstić information content (AvgIpc) is 2.68. The third-order valence-corrected chi connectivity index (χ3v) is 4.37. The number of rotatable bonds is 8. The zero-order valence-corrected chi connectivity index (χ0v) is 15.9. The summed E-state index contributed by atoms with van der Waals surface area (Å²) in [4.78, 5) is 16.6. The van der Waals surface area contributed by atoms with Gasteiger partial charge in [0.25, 0.3) is 0 Å². The first-order chi connectivity index (χ1) is 13.3. The average molecular weight is 396 g/mol. The molecule has 0 saturated carbocycles. The summed E-state index contributed by atoms with van der Waals surface area (Å²) in [5, 5.41) is 2.83. The minimum atomic E-state index is -4.42. The number of benzene rings is 1. The third-order valence-electron chi connectivity index (χ3n) is 4.37. The normalized spacial score (nSPS) is 14.0. The highest BCUT2D eigenvalue weighted by Crippen LogP contribution is 2.32. The molecule has 0 unspecified atom stereocenters. The number of halogens is 3. The van der Waals surface area contributed by atoms with Crippen LogP contribution in [0.3, 0.4) is 0 Å². The third kappa shape index (κ3) is 5.77. The number of nitrogens with zero attached hydrogens (tertiary/aromatic N) is 1. The maximum absolute atomic E-state index is 12.9. The largest absolute Gasteiger partial charge is 0.416 e. The zero-order chi connectivity index (χ0) is 20.7. The van der Waals surface area contributed by atoms with Crippen LogP contribution in [-0.4, -0.2) is 31.4 Å². The first-order valence-electron chi connectivity index (χ1n) is 8.68. The van der Waals surface area contributed by atoms with Gasteiger partial charge in [-0.2, -0.15) is 13.2 Å². The van der Waals surface area contributed by atoms with Crippen molar-refractivity contribution in [2.24, 2.45) is 0 Å². The van der Waals surface area contributed by atoms with Crippen LogP contribution in [0.25, 0.3) is 0 Å². The van der Waals surface area contributed by atoms with Crippen molar-refractivity contribution in [3.63, 3.8) is 0 Å². The number of pyridine rings is 1. The molecule has 0 spiro atoms. The topological polar surface area (TPSA) is 60.5 Å². The molecule has 0 aliphatic heterocycles. The fourth-order valence-electron chi connectivity index (χ4n) is 2.89. The molecule has 8 heteroatoms. The van der Waals surface area contributed by atoms with E-state index in [0.717, 1.165) is 12.1 Å². The maximum atomic E-state index is 12.9. The van der Waals surface area contributed by atoms with Gasteiger partial charge in [0.05, 0.1) is 5.56 Å². The summed E-state index contributed by atoms with van der Waals surface area (Å²) in [5.74, 6) is -0.738. The maximum Gasteiger partial charge on any atom is 0.416 e. The zero-order valence-electron chi connectivity index (χ0n) is 15.9. The van der Waals surface area contributed by atoms with Gasteiger partial charge in [-0.05, 0) is 29.2 Å². The highest BCUT2D eigenvalue weighted by molar-refractivity contribution is 5.77. The van der Waals surface area contributed by atoms with Gasteiger partial charge in [0.1, 0.15) is 6.04 Å². The summed E-state index contributed by atoms with van der Waals surface area (Å²) < 4.78 is 49.3. The lowest BCUT2D eigenvalue weighted by atomic mass is 9.95. The van der Waals surface area contributed by atoms with E-state index in [1.54, 1.807) is 37.5 Å². The van der Waals surface area contributed by atoms with Gasteiger partial charge in [-0.15, -0.1) is 0 Å². The molecule has 0 bridgehead atoms. The lowest BCUT2D eigenvalue weighted by Gasteiger charge is -2.26. The Labute approximate surface area is 161 Å². The molecule has 0 radical (unpaired) electrons. The Morgan fingerprint density at radius 1 is 1.14 bits per heavy atom. The van der Waals surface area contributed by atoms with Gasteiger partial charge in [0.2, 0.25) is 5.91 Å². The summed E-state index contributed by atoms with van der Waals surface area (Å²) >= 11 is 0. The molecule has 0 saturated heterocycles. The number of amides is 1. The minimum absolute atomic E-state index is 0.0121. The van der Waals surface area contributed by atoms with Crippen molar-refractivity contribution >= 4 is 5.91 Å². The number of alkyl halides is 3. The lowest BCUT2D eigenvalue weighted by Crippen LogP contribution is -2.38. The number of hydrogen-bond donors (Lipinski definition) is 1. The van der Waals surface area contributed by atoms with Crippen LogP contribution in [0.2, 0.25) is 0 Å². The molecule has 1 aromatic carbocycles. The summed E-state index contributed by atoms with van der Waals surface area (Å²) in [5.41, 5.74) is 0.401. The summed E-state index contributed by atoms with van der Waals surface area (Å²) in [6.45, 7) is 1.71. The molecule has 1 aromatic heterocycles. The van der Waals surface area contributed by atoms with Crippen LogP contribution in [0.5, 0.6) is 0 Å². The predicted octanol–water partition coefficient (Wildman–Crippen LogP) is 4.07. The molecule has 2 atom stereocenters. The van der Waals surface area contributed by atoms with E-state index < -0.39 is 30.0 Å². The Bertz CT molecular complexity index is 765. The van der Waals surface area contributed by atoms with Gasteiger partial charge in [-0.25, -0.2) is 0 Å². The molecule has 5 nitrogen and oxygen atoms in total. The first kappa shape index (κ1) is 21.8. The van der Waals surface area contributed by atoms with Gasteiger partial charge in [-0.1, -0.05) is 31.2 Å². The van der Waals surface area contributed by atoms with Gasteiger partial charge >= 0.3 is 6.18 Å². The molecule has 152 valence electrons. The molecule has 2 rings (SSSR count). The van der Waals surface area contributed by atoms with E-state index in [1.807, 2.05) is 0 Å². The van der Waals surface area contributed by atoms with Crippen molar-refractivity contribution in [3.05, 3.63) is 65.5 Å². The molecule has 28 heavy (non-hydrogen) atoms. The Hall–Kier alpha value is -2.45. The van der Waals surface area contributed by atoms with Crippen LogP contribution >= 0.6 is 0 Å². The molecule has 2 aromatic rings. The second-order valence-corrected chi connectivity index (χ2v) is 6.40. The Morgan fingerprint density at radius 3 is 2.39 bits per heavy atom. The Kier molecular flexibility index (Phi) is 7.53. The quantitative estimate of drug-likeness (QED) is 0.684. The number of nitrogens with one attached hydrogen (secondary N) is 1. The fourth-order valence-corrected chi connectivity index (χ4v) is 2.89. The Balaban J connectivity index is 2.12. The molecule has 0 fully saturated rings. The van der Waals surface area contributed by atoms with E-state index in [2.05, 4.69) is 10.3 Å². The van der Waals surface area contributed by atoms with Crippen LogP contribution in [-0.2, 0) is 20.4 Å². The predicted molar refractivity (Wildman–Crippen MR) is 97.4 cm³/mol. The van der Waals surface area contributed by atoms with Crippen LogP contribution in [0.15, 0.2) is 48.8 Å². The van der Waals surface area contributed by atoms with E-state index in [9.17, 15) is 18.0 Å². The summed E-state index contributed by atoms with van der Waals surface area (Å²) in [7, 11) is 2.91. The standard InChI is InChI=1S/C20H23F3N2O3/c1-13(14-6-4-8-16(11-14)20(21,22)23)10-17(26)25-18(19(27-2)28-3)15-7-5-9-24-12-15/h4-9,11-13,18-19H,10H2,1-3H3,(H,25,26)/t13-,18-/m0/s1. The molecule has 1 heterocycles. The number of ether oxygens (including phenoxy) is 2. The molecule has 0 aliphatic rings. The van der Waals surface area contributed by atoms with E-state index in [-0.39, 0.29) is 12.3 Å². The number of methoxy groups -OCH3 is 2. The van der Waals surface area contributed by atoms with Crippen molar-refractivity contribution in [2.75, 3.05) is 14.2 Å². The smallest absolute Gasteiger partial charge is 0.353 e. The summed E-state index contributed by atoms with van der Waals surface area (Å²) in [6, 6.07) is 7.90. The van der Waals surface area contributed by atoms with Crippen molar-refractivity contribution in [3.8, 4) is 0 Å². The van der Waals surface area contributed by atoms with Crippen LogP contribution in [0.4, 0.5) is 13.2 Å². The molecular weight excluding hydrogens is 373 g/mol. The second-order valence-electron chi connectivity index (χ2n) is 6.40. The molecule has 0 aliphatic carbocycles. The molecular formula is C20H23F3N2O3. The lowest BCUT2D eigenvalue weighted by molar-refractivity contribution is -0.138. The Morgan fingerprint density at radius 2 is 1.82 bits per heavy atom. The van der Waals surface area contributed by atoms with E-state index in [1.165, 1.54) is 20.3 Å². The van der Waals surface area contributed by atoms with Gasteiger partial charge in [0.15, 0.2) is 6.29 Å². The van der Waals surface area contributed by atoms with Gasteiger partial charge in [-0.3, -0.25) is 9.78 Å². The first-order valence-corrected chi connectivity index (χ1v) is 8.68. The fraction of sp³-hybridized carbons (Fsp3) is 0.400. The van der Waals surface area contributed by atoms with Crippen molar-refractivity contribution in [1.82, 2.24) is 10.3 Å². The minimum Gasteiger partial charge on any atom is -0.353 e. The van der Waals surface area contributed by atoms with Crippen LogP contribution in [0.1, 0.15) is 42.0 Å². The number of carbonyl (C=O) groups excluding carboxylic acids is 1. The van der Waals surface area contributed by atoms with Gasteiger partial charge in [0, 0.05) is 33.0 Å². The molecule has 1 N–H and O–H groups in total. The number of aromatic nitrogens is 1. The monoisotopic (exact) mass is 396 g/mol. The van der Waals surface area contributed by atoms with E-state index >= 15 is 0 Å². The SMILES string of the molecule is COC(OC)[C@@H](NC(=O)C[C@H](C)c1cccc(C(F)(F)F)c1)c1cccnc1. The number of carbonyl (C=O) groups is 1. The van der Waals surface area contributed by atoms with Crippen LogP contribution < -0.4 is 5.32 Å².